The van der Waals surface area contributed by atoms with E-state index < -0.39 is 26.0 Å². The van der Waals surface area contributed by atoms with Gasteiger partial charge in [-0.1, -0.05) is 20.8 Å². The van der Waals surface area contributed by atoms with Crippen LogP contribution in [0.5, 0.6) is 0 Å². The molecule has 0 heterocycles. The number of ether oxygens (including phenoxy) is 3. The number of Topliss-reactive ketones (excluding diaryl/α,β-unsaturated/α-hetero) is 1. The Morgan fingerprint density at radius 1 is 1.06 bits per heavy atom. The lowest BCUT2D eigenvalue weighted by atomic mass is 10.1. The minimum absolute atomic E-state index is 0.0246. The van der Waals surface area contributed by atoms with E-state index >= 15 is 0 Å². The van der Waals surface area contributed by atoms with Crippen LogP contribution in [0.3, 0.4) is 0 Å². The molecule has 8 nitrogen and oxygen atoms in total. The smallest absolute Gasteiger partial charge is 0.412 e. The molecule has 0 aliphatic heterocycles. The number of rotatable bonds is 11. The Hall–Kier alpha value is -1.71. The molecule has 0 aromatic heterocycles. The number of methoxy groups -OCH3 is 1. The summed E-state index contributed by atoms with van der Waals surface area (Å²) in [5.41, 5.74) is -0.769. The number of ketones is 1. The summed E-state index contributed by atoms with van der Waals surface area (Å²) >= 11 is 0. The number of carbonyl (C=O) groups is 3. The molecule has 0 aromatic carbocycles. The first-order valence-corrected chi connectivity index (χ1v) is 13.4. The Balaban J connectivity index is 5.08. The molecule has 9 heteroatoms. The minimum Gasteiger partial charge on any atom is -0.464 e. The van der Waals surface area contributed by atoms with E-state index in [-0.39, 0.29) is 35.8 Å². The van der Waals surface area contributed by atoms with Crippen molar-refractivity contribution in [2.24, 2.45) is 0 Å². The molecule has 1 atom stereocenters. The second-order valence-electron chi connectivity index (χ2n) is 10.0. The molecule has 0 radical (unpaired) electrons. The van der Waals surface area contributed by atoms with E-state index in [1.807, 2.05) is 0 Å². The van der Waals surface area contributed by atoms with Crippen molar-refractivity contribution in [3.05, 3.63) is 11.8 Å². The van der Waals surface area contributed by atoms with E-state index in [1.165, 1.54) is 13.2 Å². The lowest BCUT2D eigenvalue weighted by molar-refractivity contribution is -0.136. The van der Waals surface area contributed by atoms with Gasteiger partial charge in [0, 0.05) is 6.42 Å². The van der Waals surface area contributed by atoms with Crippen molar-refractivity contribution >= 4 is 26.2 Å². The summed E-state index contributed by atoms with van der Waals surface area (Å²) in [7, 11) is -0.824. The molecular weight excluding hydrogens is 418 g/mol. The number of amides is 1. The number of hydrogen-bond donors (Lipinski definition) is 1. The van der Waals surface area contributed by atoms with Crippen LogP contribution in [-0.2, 0) is 28.2 Å². The Labute approximate surface area is 188 Å². The zero-order chi connectivity index (χ0) is 24.5. The van der Waals surface area contributed by atoms with Crippen LogP contribution in [0.1, 0.15) is 61.3 Å². The zero-order valence-electron chi connectivity index (χ0n) is 20.8. The first kappa shape index (κ1) is 29.3. The molecular formula is C22H41NO7Si. The maximum absolute atomic E-state index is 12.0. The Kier molecular flexibility index (Phi) is 11.7. The summed E-state index contributed by atoms with van der Waals surface area (Å²) in [5.74, 6) is -0.613. The number of nitrogens with one attached hydrogen (secondary N) is 1. The lowest BCUT2D eigenvalue weighted by Gasteiger charge is -2.39. The largest absolute Gasteiger partial charge is 0.464 e. The van der Waals surface area contributed by atoms with Crippen LogP contribution in [0.4, 0.5) is 4.79 Å². The van der Waals surface area contributed by atoms with E-state index in [1.54, 1.807) is 27.7 Å². The molecule has 0 rings (SSSR count). The highest BCUT2D eigenvalue weighted by molar-refractivity contribution is 6.74. The quantitative estimate of drug-likeness (QED) is 0.212. The fourth-order valence-electron chi connectivity index (χ4n) is 2.18. The summed E-state index contributed by atoms with van der Waals surface area (Å²) in [6.07, 6.45) is 1.39. The van der Waals surface area contributed by atoms with Crippen LogP contribution in [0, 0.1) is 0 Å². The molecule has 1 N–H and O–H groups in total. The minimum atomic E-state index is -2.04. The first-order valence-electron chi connectivity index (χ1n) is 10.5. The van der Waals surface area contributed by atoms with Gasteiger partial charge in [-0.25, -0.2) is 9.59 Å². The summed E-state index contributed by atoms with van der Waals surface area (Å²) < 4.78 is 22.0. The third-order valence-corrected chi connectivity index (χ3v) is 9.37. The second kappa shape index (κ2) is 12.4. The van der Waals surface area contributed by atoms with Gasteiger partial charge in [0.05, 0.1) is 26.4 Å². The summed E-state index contributed by atoms with van der Waals surface area (Å²) in [6.45, 7) is 17.8. The molecule has 0 spiro atoms. The van der Waals surface area contributed by atoms with E-state index in [2.05, 4.69) is 39.2 Å². The predicted molar refractivity (Wildman–Crippen MR) is 122 cm³/mol. The van der Waals surface area contributed by atoms with Crippen molar-refractivity contribution in [2.45, 2.75) is 91.1 Å². The average molecular weight is 460 g/mol. The number of esters is 1. The summed E-state index contributed by atoms with van der Waals surface area (Å²) in [5, 5.41) is 2.41. The van der Waals surface area contributed by atoms with Crippen LogP contribution in [0.15, 0.2) is 11.8 Å². The van der Waals surface area contributed by atoms with Gasteiger partial charge in [0.1, 0.15) is 17.1 Å². The van der Waals surface area contributed by atoms with Crippen LogP contribution >= 0.6 is 0 Å². The molecule has 1 amide bonds. The molecule has 0 unspecified atom stereocenters. The Bertz CT molecular complexity index is 645. The van der Waals surface area contributed by atoms with E-state index in [9.17, 15) is 14.4 Å². The molecule has 180 valence electrons. The standard InChI is InChI=1S/C22H41NO7Si/c1-16(24)11-12-17(30-31(9,10)22(5,6)7)15-28-14-13-18(19(25)27-8)23-20(26)29-21(2,3)4/h13,17H,11-12,14-15H2,1-10H3,(H,23,26)/b18-13+/t17-/m0/s1. The Morgan fingerprint density at radius 2 is 1.65 bits per heavy atom. The van der Waals surface area contributed by atoms with E-state index in [4.69, 9.17) is 18.6 Å². The molecule has 0 aliphatic carbocycles. The van der Waals surface area contributed by atoms with Crippen molar-refractivity contribution in [1.82, 2.24) is 5.32 Å². The highest BCUT2D eigenvalue weighted by Crippen LogP contribution is 2.37. The fraction of sp³-hybridized carbons (Fsp3) is 0.773. The Morgan fingerprint density at radius 3 is 2.10 bits per heavy atom. The number of alkyl carbamates (subject to hydrolysis) is 1. The number of hydrogen-bond acceptors (Lipinski definition) is 7. The van der Waals surface area contributed by atoms with E-state index in [0.29, 0.717) is 12.8 Å². The normalized spacial score (nSPS) is 14.1. The van der Waals surface area contributed by atoms with Gasteiger partial charge in [-0.05, 0) is 58.3 Å². The highest BCUT2D eigenvalue weighted by atomic mass is 28.4. The molecule has 0 aromatic rings. The van der Waals surface area contributed by atoms with Crippen LogP contribution in [0.25, 0.3) is 0 Å². The summed E-state index contributed by atoms with van der Waals surface area (Å²) in [6, 6.07) is 0. The molecule has 0 saturated carbocycles. The monoisotopic (exact) mass is 459 g/mol. The van der Waals surface area contributed by atoms with Crippen LogP contribution < -0.4 is 5.32 Å². The third kappa shape index (κ3) is 12.7. The maximum Gasteiger partial charge on any atom is 0.412 e. The summed E-state index contributed by atoms with van der Waals surface area (Å²) in [4.78, 5) is 35.3. The molecule has 0 bridgehead atoms. The van der Waals surface area contributed by atoms with Gasteiger partial charge in [-0.15, -0.1) is 0 Å². The van der Waals surface area contributed by atoms with Crippen molar-refractivity contribution in [3.8, 4) is 0 Å². The maximum atomic E-state index is 12.0. The van der Waals surface area contributed by atoms with Gasteiger partial charge < -0.3 is 23.4 Å². The van der Waals surface area contributed by atoms with Gasteiger partial charge in [0.15, 0.2) is 8.32 Å². The SMILES string of the molecule is COC(=O)/C(=C\COC[C@H](CCC(C)=O)O[Si](C)(C)C(C)(C)C)NC(=O)OC(C)(C)C. The fourth-order valence-corrected chi connectivity index (χ4v) is 3.56. The average Bonchev–Trinajstić information content (AvgIpc) is 2.58. The van der Waals surface area contributed by atoms with Gasteiger partial charge in [0.25, 0.3) is 0 Å². The van der Waals surface area contributed by atoms with Crippen molar-refractivity contribution < 1.29 is 33.0 Å². The van der Waals surface area contributed by atoms with Crippen LogP contribution in [0.2, 0.25) is 18.1 Å². The third-order valence-electron chi connectivity index (χ3n) is 4.84. The first-order chi connectivity index (χ1) is 14.0. The van der Waals surface area contributed by atoms with Crippen molar-refractivity contribution in [2.75, 3.05) is 20.3 Å². The molecule has 0 fully saturated rings. The predicted octanol–water partition coefficient (Wildman–Crippen LogP) is 4.34. The second-order valence-corrected chi connectivity index (χ2v) is 14.8. The topological polar surface area (TPSA) is 100 Å². The van der Waals surface area contributed by atoms with Gasteiger partial charge in [0.2, 0.25) is 0 Å². The van der Waals surface area contributed by atoms with Gasteiger partial charge in [-0.3, -0.25) is 5.32 Å². The van der Waals surface area contributed by atoms with Gasteiger partial charge in [-0.2, -0.15) is 0 Å². The highest BCUT2D eigenvalue weighted by Gasteiger charge is 2.39. The lowest BCUT2D eigenvalue weighted by Crippen LogP contribution is -2.45. The van der Waals surface area contributed by atoms with Crippen molar-refractivity contribution in [3.63, 3.8) is 0 Å². The zero-order valence-corrected chi connectivity index (χ0v) is 21.8. The van der Waals surface area contributed by atoms with Gasteiger partial charge >= 0.3 is 12.1 Å². The molecule has 0 aliphatic rings. The van der Waals surface area contributed by atoms with E-state index in [0.717, 1.165) is 0 Å². The number of carbonyl (C=O) groups excluding carboxylic acids is 3. The van der Waals surface area contributed by atoms with Crippen LogP contribution in [-0.4, -0.2) is 58.2 Å². The molecule has 0 saturated heterocycles. The molecule has 31 heavy (non-hydrogen) atoms. The van der Waals surface area contributed by atoms with Crippen molar-refractivity contribution in [1.29, 1.82) is 0 Å².